The first kappa shape index (κ1) is 22.9. The van der Waals surface area contributed by atoms with Crippen molar-refractivity contribution in [2.24, 2.45) is 0 Å². The topological polar surface area (TPSA) is 0 Å². The summed E-state index contributed by atoms with van der Waals surface area (Å²) < 4.78 is 0. The van der Waals surface area contributed by atoms with Gasteiger partial charge < -0.3 is 7.43 Å². The van der Waals surface area contributed by atoms with Crippen molar-refractivity contribution in [1.82, 2.24) is 0 Å². The molecule has 0 saturated heterocycles. The molecule has 0 aliphatic carbocycles. The summed E-state index contributed by atoms with van der Waals surface area (Å²) in [4.78, 5) is 0. The second-order valence-corrected chi connectivity index (χ2v) is 13.5. The molecule has 0 aromatic rings. The molecular formula is C8H24Si2Y-. The van der Waals surface area contributed by atoms with Crippen molar-refractivity contribution in [3.8, 4) is 0 Å². The van der Waals surface area contributed by atoms with Gasteiger partial charge in [0, 0.05) is 49.6 Å². The van der Waals surface area contributed by atoms with Gasteiger partial charge in [0.15, 0.2) is 0 Å². The Morgan fingerprint density at radius 2 is 0.818 bits per heavy atom. The average molecular weight is 265 g/mol. The molecule has 0 amide bonds. The van der Waals surface area contributed by atoms with Crippen LogP contribution in [0.5, 0.6) is 0 Å². The zero-order chi connectivity index (χ0) is 8.08. The molecule has 0 aromatic heterocycles. The van der Waals surface area contributed by atoms with Crippen LogP contribution in [0.15, 0.2) is 0 Å². The Balaban J connectivity index is -0.0000000383. The van der Waals surface area contributed by atoms with Gasteiger partial charge in [-0.05, 0) is 0 Å². The van der Waals surface area contributed by atoms with E-state index < -0.39 is 8.07 Å². The smallest absolute Gasteiger partial charge is 0.0411 e. The summed E-state index contributed by atoms with van der Waals surface area (Å²) in [5.41, 5.74) is 0. The SMILES string of the molecule is C[Si](C)(C)C.C[Si](C)C.[CH3-].[Y]. The van der Waals surface area contributed by atoms with E-state index in [1.807, 2.05) is 0 Å². The van der Waals surface area contributed by atoms with Gasteiger partial charge in [-0.2, -0.15) is 0 Å². The van der Waals surface area contributed by atoms with Gasteiger partial charge in [0.25, 0.3) is 0 Å². The van der Waals surface area contributed by atoms with E-state index in [1.54, 1.807) is 0 Å². The monoisotopic (exact) mass is 265 g/mol. The van der Waals surface area contributed by atoms with E-state index in [0.717, 1.165) is 0 Å². The maximum atomic E-state index is 2.33. The molecule has 0 nitrogen and oxygen atoms in total. The van der Waals surface area contributed by atoms with Crippen LogP contribution in [0.1, 0.15) is 0 Å². The van der Waals surface area contributed by atoms with E-state index in [9.17, 15) is 0 Å². The molecule has 2 radical (unpaired) electrons. The van der Waals surface area contributed by atoms with Crippen LogP contribution >= 0.6 is 0 Å². The molecule has 0 saturated carbocycles. The molecule has 0 aliphatic heterocycles. The van der Waals surface area contributed by atoms with Crippen LogP contribution in [0.4, 0.5) is 0 Å². The largest absolute Gasteiger partial charge is 0.358 e. The number of rotatable bonds is 0. The third-order valence-corrected chi connectivity index (χ3v) is 0. The molecule has 0 fully saturated rings. The Morgan fingerprint density at radius 1 is 0.818 bits per heavy atom. The molecular weight excluding hydrogens is 241 g/mol. The van der Waals surface area contributed by atoms with Crippen LogP contribution < -0.4 is 0 Å². The van der Waals surface area contributed by atoms with Crippen LogP contribution in [0.2, 0.25) is 45.8 Å². The van der Waals surface area contributed by atoms with Crippen LogP contribution in [0.3, 0.4) is 0 Å². The molecule has 68 valence electrons. The average Bonchev–Trinajstić information content (AvgIpc) is 1.19. The predicted molar refractivity (Wildman–Crippen MR) is 59.0 cm³/mol. The first-order valence-electron chi connectivity index (χ1n) is 3.50. The zero-order valence-electron chi connectivity index (χ0n) is 9.58. The quantitative estimate of drug-likeness (QED) is 0.462. The summed E-state index contributed by atoms with van der Waals surface area (Å²) in [6.07, 6.45) is 0. The molecule has 0 rings (SSSR count). The molecule has 0 N–H and O–H groups in total. The fourth-order valence-corrected chi connectivity index (χ4v) is 0. The molecule has 0 bridgehead atoms. The fraction of sp³-hybridized carbons (Fsp3) is 0.875. The van der Waals surface area contributed by atoms with Crippen molar-refractivity contribution in [1.29, 1.82) is 0 Å². The van der Waals surface area contributed by atoms with Crippen molar-refractivity contribution in [2.75, 3.05) is 0 Å². The summed E-state index contributed by atoms with van der Waals surface area (Å²) in [6, 6.07) is 0. The van der Waals surface area contributed by atoms with E-state index in [-0.39, 0.29) is 48.9 Å². The van der Waals surface area contributed by atoms with Crippen LogP contribution in [-0.2, 0) is 32.7 Å². The minimum absolute atomic E-state index is 0. The minimum atomic E-state index is -0.611. The predicted octanol–water partition coefficient (Wildman–Crippen LogP) is 3.77. The second kappa shape index (κ2) is 11.5. The van der Waals surface area contributed by atoms with Gasteiger partial charge in [0.2, 0.25) is 0 Å². The van der Waals surface area contributed by atoms with Crippen molar-refractivity contribution in [2.45, 2.75) is 45.8 Å². The summed E-state index contributed by atoms with van der Waals surface area (Å²) in [6.45, 7) is 16.1. The van der Waals surface area contributed by atoms with Crippen molar-refractivity contribution in [3.05, 3.63) is 7.43 Å². The maximum Gasteiger partial charge on any atom is 0.0411 e. The normalized spacial score (nSPS) is 8.73. The Hall–Kier alpha value is 1.54. The first-order chi connectivity index (χ1) is 3.73. The van der Waals surface area contributed by atoms with E-state index in [2.05, 4.69) is 45.8 Å². The van der Waals surface area contributed by atoms with Crippen molar-refractivity contribution < 1.29 is 32.7 Å². The van der Waals surface area contributed by atoms with E-state index in [1.165, 1.54) is 0 Å². The van der Waals surface area contributed by atoms with E-state index in [0.29, 0.717) is 0 Å². The van der Waals surface area contributed by atoms with Gasteiger partial charge in [-0.25, -0.2) is 0 Å². The van der Waals surface area contributed by atoms with E-state index >= 15 is 0 Å². The summed E-state index contributed by atoms with van der Waals surface area (Å²) in [5.74, 6) is 0. The minimum Gasteiger partial charge on any atom is -0.358 e. The van der Waals surface area contributed by atoms with Gasteiger partial charge >= 0.3 is 0 Å². The third kappa shape index (κ3) is 444. The van der Waals surface area contributed by atoms with Gasteiger partial charge in [-0.15, -0.1) is 0 Å². The van der Waals surface area contributed by atoms with Crippen molar-refractivity contribution >= 4 is 16.9 Å². The van der Waals surface area contributed by atoms with Crippen LogP contribution in [0, 0.1) is 7.43 Å². The van der Waals surface area contributed by atoms with E-state index in [4.69, 9.17) is 0 Å². The Morgan fingerprint density at radius 3 is 0.818 bits per heavy atom. The third-order valence-electron chi connectivity index (χ3n) is 0. The first-order valence-corrected chi connectivity index (χ1v) is 10.5. The summed E-state index contributed by atoms with van der Waals surface area (Å²) in [5, 5.41) is 0. The molecule has 0 aliphatic rings. The van der Waals surface area contributed by atoms with Crippen molar-refractivity contribution in [3.63, 3.8) is 0 Å². The van der Waals surface area contributed by atoms with Crippen LogP contribution in [-0.4, -0.2) is 16.9 Å². The molecule has 3 heteroatoms. The number of hydrogen-bond acceptors (Lipinski definition) is 0. The Kier molecular flexibility index (Phi) is 24.0. The Bertz CT molecular complexity index is 48.8. The summed E-state index contributed by atoms with van der Waals surface area (Å²) in [7, 11) is -0.491. The molecule has 0 aromatic carbocycles. The number of hydrogen-bond donors (Lipinski definition) is 0. The second-order valence-electron chi connectivity index (χ2n) is 4.50. The molecule has 0 unspecified atom stereocenters. The Labute approximate surface area is 102 Å². The zero-order valence-corrected chi connectivity index (χ0v) is 14.4. The standard InChI is InChI=1S/C4H12Si.C3H9Si.CH3.Y/c1-5(2,3)4;1-4(2)3;;/h1-4H3;1-3H3;1H3;/q;;-1;. The summed E-state index contributed by atoms with van der Waals surface area (Å²) >= 11 is 0. The maximum absolute atomic E-state index is 2.33. The van der Waals surface area contributed by atoms with Gasteiger partial charge in [-0.3, -0.25) is 0 Å². The fourth-order valence-electron chi connectivity index (χ4n) is 0. The van der Waals surface area contributed by atoms with Gasteiger partial charge in [0.1, 0.15) is 0 Å². The molecule has 0 spiro atoms. The van der Waals surface area contributed by atoms with Gasteiger partial charge in [-0.1, -0.05) is 45.8 Å². The molecule has 11 heavy (non-hydrogen) atoms. The van der Waals surface area contributed by atoms with Crippen LogP contribution in [0.25, 0.3) is 0 Å². The molecule has 0 atom stereocenters. The van der Waals surface area contributed by atoms with Gasteiger partial charge in [0.05, 0.1) is 0 Å². The molecule has 0 heterocycles.